The van der Waals surface area contributed by atoms with Crippen molar-refractivity contribution < 1.29 is 9.21 Å². The highest BCUT2D eigenvalue weighted by Gasteiger charge is 2.12. The first-order valence-corrected chi connectivity index (χ1v) is 8.37. The van der Waals surface area contributed by atoms with E-state index in [0.29, 0.717) is 0 Å². The number of anilines is 1. The number of benzene rings is 2. The van der Waals surface area contributed by atoms with Crippen LogP contribution in [0.2, 0.25) is 0 Å². The topological polar surface area (TPSA) is 55.1 Å². The van der Waals surface area contributed by atoms with Gasteiger partial charge in [0.05, 0.1) is 23.9 Å². The molecular formula is C21H18N2O2. The van der Waals surface area contributed by atoms with Crippen LogP contribution in [0.4, 0.5) is 5.69 Å². The van der Waals surface area contributed by atoms with Crippen LogP contribution in [0.5, 0.6) is 0 Å². The van der Waals surface area contributed by atoms with Gasteiger partial charge in [-0.1, -0.05) is 19.1 Å². The van der Waals surface area contributed by atoms with Crippen LogP contribution in [-0.2, 0) is 17.6 Å². The van der Waals surface area contributed by atoms with Gasteiger partial charge in [-0.3, -0.25) is 9.78 Å². The fourth-order valence-corrected chi connectivity index (χ4v) is 3.07. The van der Waals surface area contributed by atoms with Crippen LogP contribution in [0.25, 0.3) is 21.9 Å². The minimum absolute atomic E-state index is 0.0686. The second kappa shape index (κ2) is 6.40. The first kappa shape index (κ1) is 15.4. The standard InChI is InChI=1S/C21H18N2O2/c1-2-14-8-9-20-17(11-14)15(13-25-20)12-21(24)23-19-7-3-6-18-16(19)5-4-10-22-18/h3-11,13H,2,12H2,1H3,(H,23,24). The summed E-state index contributed by atoms with van der Waals surface area (Å²) in [4.78, 5) is 16.9. The fraction of sp³-hybridized carbons (Fsp3) is 0.143. The van der Waals surface area contributed by atoms with Gasteiger partial charge in [-0.05, 0) is 48.4 Å². The Kier molecular flexibility index (Phi) is 3.94. The molecular weight excluding hydrogens is 312 g/mol. The Balaban J connectivity index is 1.60. The number of pyridine rings is 1. The lowest BCUT2D eigenvalue weighted by Crippen LogP contribution is -2.14. The van der Waals surface area contributed by atoms with E-state index in [-0.39, 0.29) is 12.3 Å². The molecule has 25 heavy (non-hydrogen) atoms. The molecule has 0 radical (unpaired) electrons. The molecule has 4 aromatic rings. The van der Waals surface area contributed by atoms with E-state index in [1.165, 1.54) is 5.56 Å². The lowest BCUT2D eigenvalue weighted by Gasteiger charge is -2.08. The summed E-state index contributed by atoms with van der Waals surface area (Å²) in [6.45, 7) is 2.11. The highest BCUT2D eigenvalue weighted by molar-refractivity contribution is 6.02. The highest BCUT2D eigenvalue weighted by atomic mass is 16.3. The van der Waals surface area contributed by atoms with Crippen LogP contribution in [0, 0.1) is 0 Å². The third-order valence-corrected chi connectivity index (χ3v) is 4.40. The highest BCUT2D eigenvalue weighted by Crippen LogP contribution is 2.25. The maximum Gasteiger partial charge on any atom is 0.228 e. The fourth-order valence-electron chi connectivity index (χ4n) is 3.07. The van der Waals surface area contributed by atoms with Gasteiger partial charge in [-0.2, -0.15) is 0 Å². The molecule has 0 atom stereocenters. The molecule has 1 amide bonds. The molecule has 2 aromatic heterocycles. The van der Waals surface area contributed by atoms with Gasteiger partial charge in [0.25, 0.3) is 0 Å². The van der Waals surface area contributed by atoms with Crippen LogP contribution < -0.4 is 5.32 Å². The van der Waals surface area contributed by atoms with Crippen molar-refractivity contribution in [2.45, 2.75) is 19.8 Å². The summed E-state index contributed by atoms with van der Waals surface area (Å²) >= 11 is 0. The molecule has 0 aliphatic rings. The van der Waals surface area contributed by atoms with Crippen molar-refractivity contribution in [3.8, 4) is 0 Å². The van der Waals surface area contributed by atoms with Gasteiger partial charge in [0, 0.05) is 22.5 Å². The van der Waals surface area contributed by atoms with E-state index in [2.05, 4.69) is 29.4 Å². The molecule has 4 rings (SSSR count). The average molecular weight is 330 g/mol. The molecule has 0 saturated carbocycles. The predicted octanol–water partition coefficient (Wildman–Crippen LogP) is 4.72. The Bertz CT molecular complexity index is 1060. The number of aryl methyl sites for hydroxylation is 1. The minimum atomic E-state index is -0.0686. The Morgan fingerprint density at radius 1 is 1.12 bits per heavy atom. The lowest BCUT2D eigenvalue weighted by atomic mass is 10.1. The smallest absolute Gasteiger partial charge is 0.228 e. The number of nitrogens with zero attached hydrogens (tertiary/aromatic N) is 1. The van der Waals surface area contributed by atoms with E-state index in [1.54, 1.807) is 12.5 Å². The summed E-state index contributed by atoms with van der Waals surface area (Å²) in [5, 5.41) is 4.94. The number of nitrogens with one attached hydrogen (secondary N) is 1. The number of rotatable bonds is 4. The molecule has 0 unspecified atom stereocenters. The minimum Gasteiger partial charge on any atom is -0.464 e. The molecule has 2 heterocycles. The van der Waals surface area contributed by atoms with Gasteiger partial charge in [0.15, 0.2) is 0 Å². The molecule has 0 fully saturated rings. The Hall–Kier alpha value is -3.14. The summed E-state index contributed by atoms with van der Waals surface area (Å²) in [6, 6.07) is 15.7. The summed E-state index contributed by atoms with van der Waals surface area (Å²) in [5.41, 5.74) is 4.59. The molecule has 1 N–H and O–H groups in total. The average Bonchev–Trinajstić information content (AvgIpc) is 3.04. The largest absolute Gasteiger partial charge is 0.464 e. The van der Waals surface area contributed by atoms with Gasteiger partial charge >= 0.3 is 0 Å². The zero-order chi connectivity index (χ0) is 17.2. The molecule has 0 saturated heterocycles. The number of amides is 1. The second-order valence-corrected chi connectivity index (χ2v) is 6.05. The van der Waals surface area contributed by atoms with Gasteiger partial charge in [-0.25, -0.2) is 0 Å². The number of hydrogen-bond donors (Lipinski definition) is 1. The van der Waals surface area contributed by atoms with E-state index in [1.807, 2.05) is 36.4 Å². The van der Waals surface area contributed by atoms with Gasteiger partial charge < -0.3 is 9.73 Å². The van der Waals surface area contributed by atoms with Crippen LogP contribution in [0.1, 0.15) is 18.1 Å². The van der Waals surface area contributed by atoms with E-state index in [9.17, 15) is 4.79 Å². The summed E-state index contributed by atoms with van der Waals surface area (Å²) in [5.74, 6) is -0.0686. The number of aromatic nitrogens is 1. The van der Waals surface area contributed by atoms with Crippen molar-refractivity contribution in [1.82, 2.24) is 4.98 Å². The quantitative estimate of drug-likeness (QED) is 0.589. The third kappa shape index (κ3) is 2.98. The zero-order valence-electron chi connectivity index (χ0n) is 14.0. The van der Waals surface area contributed by atoms with Crippen LogP contribution in [0.3, 0.4) is 0 Å². The van der Waals surface area contributed by atoms with Gasteiger partial charge in [-0.15, -0.1) is 0 Å². The van der Waals surface area contributed by atoms with Crippen molar-refractivity contribution >= 4 is 33.5 Å². The number of carbonyl (C=O) groups is 1. The number of furan rings is 1. The number of hydrogen-bond acceptors (Lipinski definition) is 3. The molecule has 2 aromatic carbocycles. The van der Waals surface area contributed by atoms with Crippen LogP contribution in [-0.4, -0.2) is 10.9 Å². The Morgan fingerprint density at radius 2 is 2.04 bits per heavy atom. The molecule has 124 valence electrons. The van der Waals surface area contributed by atoms with E-state index in [0.717, 1.165) is 39.5 Å². The van der Waals surface area contributed by atoms with Gasteiger partial charge in [0.1, 0.15) is 5.58 Å². The first-order chi connectivity index (χ1) is 12.2. The van der Waals surface area contributed by atoms with Crippen LogP contribution in [0.15, 0.2) is 65.4 Å². The molecule has 0 aliphatic heterocycles. The van der Waals surface area contributed by atoms with Crippen molar-refractivity contribution in [1.29, 1.82) is 0 Å². The zero-order valence-corrected chi connectivity index (χ0v) is 14.0. The number of carbonyl (C=O) groups excluding carboxylic acids is 1. The lowest BCUT2D eigenvalue weighted by molar-refractivity contribution is -0.115. The van der Waals surface area contributed by atoms with Crippen molar-refractivity contribution in [2.75, 3.05) is 5.32 Å². The Morgan fingerprint density at radius 3 is 2.92 bits per heavy atom. The molecule has 0 aliphatic carbocycles. The Labute approximate surface area is 145 Å². The van der Waals surface area contributed by atoms with Crippen LogP contribution >= 0.6 is 0 Å². The summed E-state index contributed by atoms with van der Waals surface area (Å²) in [7, 11) is 0. The molecule has 4 nitrogen and oxygen atoms in total. The second-order valence-electron chi connectivity index (χ2n) is 6.05. The molecule has 4 heteroatoms. The summed E-state index contributed by atoms with van der Waals surface area (Å²) in [6.07, 6.45) is 4.65. The SMILES string of the molecule is CCc1ccc2occ(CC(=O)Nc3cccc4ncccc34)c2c1. The number of fused-ring (bicyclic) bond motifs is 2. The predicted molar refractivity (Wildman–Crippen MR) is 99.7 cm³/mol. The van der Waals surface area contributed by atoms with Crippen molar-refractivity contribution in [3.05, 3.63) is 72.1 Å². The maximum atomic E-state index is 12.5. The van der Waals surface area contributed by atoms with Crippen molar-refractivity contribution in [3.63, 3.8) is 0 Å². The van der Waals surface area contributed by atoms with E-state index in [4.69, 9.17) is 4.42 Å². The van der Waals surface area contributed by atoms with E-state index >= 15 is 0 Å². The maximum absolute atomic E-state index is 12.5. The molecule has 0 bridgehead atoms. The van der Waals surface area contributed by atoms with E-state index < -0.39 is 0 Å². The van der Waals surface area contributed by atoms with Crippen molar-refractivity contribution in [2.24, 2.45) is 0 Å². The molecule has 0 spiro atoms. The third-order valence-electron chi connectivity index (χ3n) is 4.40. The normalized spacial score (nSPS) is 11.1. The monoisotopic (exact) mass is 330 g/mol. The first-order valence-electron chi connectivity index (χ1n) is 8.37. The summed E-state index contributed by atoms with van der Waals surface area (Å²) < 4.78 is 5.58. The van der Waals surface area contributed by atoms with Gasteiger partial charge in [0.2, 0.25) is 5.91 Å².